The number of hydrogen-bond acceptors (Lipinski definition) is 5. The zero-order chi connectivity index (χ0) is 15.6. The van der Waals surface area contributed by atoms with Gasteiger partial charge < -0.3 is 5.73 Å². The molecule has 9 heteroatoms. The van der Waals surface area contributed by atoms with Crippen molar-refractivity contribution < 1.29 is 12.8 Å². The van der Waals surface area contributed by atoms with Gasteiger partial charge in [0.2, 0.25) is 10.0 Å². The summed E-state index contributed by atoms with van der Waals surface area (Å²) >= 11 is 2.93. The number of benzene rings is 1. The first kappa shape index (κ1) is 15.8. The first-order chi connectivity index (χ1) is 9.79. The van der Waals surface area contributed by atoms with E-state index in [-0.39, 0.29) is 21.6 Å². The molecule has 1 aromatic heterocycles. The number of rotatable bonds is 4. The van der Waals surface area contributed by atoms with Crippen molar-refractivity contribution in [2.45, 2.75) is 18.4 Å². The molecule has 3 N–H and O–H groups in total. The van der Waals surface area contributed by atoms with Crippen LogP contribution in [0.3, 0.4) is 0 Å². The molecule has 0 spiro atoms. The Morgan fingerprint density at radius 1 is 1.33 bits per heavy atom. The lowest BCUT2D eigenvalue weighted by Gasteiger charge is -2.10. The second-order valence-corrected chi connectivity index (χ2v) is 6.87. The van der Waals surface area contributed by atoms with E-state index in [1.54, 1.807) is 6.92 Å². The molecule has 0 aliphatic heterocycles. The second-order valence-electron chi connectivity index (χ2n) is 4.28. The van der Waals surface area contributed by atoms with Crippen LogP contribution in [0.25, 0.3) is 0 Å². The number of nitrogens with one attached hydrogen (secondary N) is 1. The number of halogens is 2. The van der Waals surface area contributed by atoms with Gasteiger partial charge in [-0.2, -0.15) is 0 Å². The predicted molar refractivity (Wildman–Crippen MR) is 79.3 cm³/mol. The molecule has 0 aliphatic rings. The van der Waals surface area contributed by atoms with Crippen LogP contribution in [0.4, 0.5) is 10.1 Å². The highest BCUT2D eigenvalue weighted by Gasteiger charge is 2.19. The largest absolute Gasteiger partial charge is 0.398 e. The number of aryl methyl sites for hydroxylation is 1. The van der Waals surface area contributed by atoms with E-state index in [9.17, 15) is 12.8 Å². The minimum atomic E-state index is -3.88. The summed E-state index contributed by atoms with van der Waals surface area (Å²) in [6.07, 6.45) is 3.01. The molecule has 0 radical (unpaired) electrons. The first-order valence-electron chi connectivity index (χ1n) is 5.81. The third-order valence-corrected chi connectivity index (χ3v) is 4.68. The molecule has 112 valence electrons. The highest BCUT2D eigenvalue weighted by Crippen LogP contribution is 2.26. The fourth-order valence-electron chi connectivity index (χ4n) is 1.53. The molecule has 1 heterocycles. The smallest absolute Gasteiger partial charge is 0.243 e. The molecule has 0 amide bonds. The van der Waals surface area contributed by atoms with E-state index >= 15 is 0 Å². The Bertz CT molecular complexity index is 766. The molecule has 6 nitrogen and oxygen atoms in total. The van der Waals surface area contributed by atoms with E-state index < -0.39 is 15.8 Å². The normalized spacial score (nSPS) is 11.6. The molecule has 0 unspecified atom stereocenters. The van der Waals surface area contributed by atoms with Gasteiger partial charge in [-0.15, -0.1) is 0 Å². The number of nitrogens with zero attached hydrogens (tertiary/aromatic N) is 2. The lowest BCUT2D eigenvalue weighted by molar-refractivity contribution is 0.579. The van der Waals surface area contributed by atoms with E-state index in [1.807, 2.05) is 0 Å². The van der Waals surface area contributed by atoms with Crippen LogP contribution in [-0.4, -0.2) is 18.4 Å². The van der Waals surface area contributed by atoms with Crippen molar-refractivity contribution >= 4 is 31.6 Å². The standard InChI is InChI=1S/C12H12BrFN4O2S/c1-7-4-17-8(5-16-7)6-18-21(19,20)12-2-9(13)10(14)3-11(12)15/h2-5,18H,6,15H2,1H3. The lowest BCUT2D eigenvalue weighted by atomic mass is 10.3. The van der Waals surface area contributed by atoms with Crippen molar-refractivity contribution in [2.75, 3.05) is 5.73 Å². The monoisotopic (exact) mass is 374 g/mol. The summed E-state index contributed by atoms with van der Waals surface area (Å²) in [5, 5.41) is 0. The van der Waals surface area contributed by atoms with Crippen LogP contribution in [0.2, 0.25) is 0 Å². The van der Waals surface area contributed by atoms with Crippen molar-refractivity contribution in [3.05, 3.63) is 46.2 Å². The molecule has 2 rings (SSSR count). The third-order valence-electron chi connectivity index (χ3n) is 2.62. The maximum atomic E-state index is 13.3. The van der Waals surface area contributed by atoms with Crippen LogP contribution in [0.1, 0.15) is 11.4 Å². The van der Waals surface area contributed by atoms with E-state index in [2.05, 4.69) is 30.6 Å². The zero-order valence-electron chi connectivity index (χ0n) is 11.0. The molecular weight excluding hydrogens is 363 g/mol. The number of anilines is 1. The Morgan fingerprint density at radius 2 is 2.05 bits per heavy atom. The Hall–Kier alpha value is -1.58. The van der Waals surface area contributed by atoms with Crippen LogP contribution in [-0.2, 0) is 16.6 Å². The molecule has 1 aromatic carbocycles. The quantitative estimate of drug-likeness (QED) is 0.794. The molecule has 21 heavy (non-hydrogen) atoms. The summed E-state index contributed by atoms with van der Waals surface area (Å²) in [6.45, 7) is 1.74. The molecule has 0 aliphatic carbocycles. The Morgan fingerprint density at radius 3 is 2.67 bits per heavy atom. The van der Waals surface area contributed by atoms with Gasteiger partial charge in [-0.1, -0.05) is 0 Å². The van der Waals surface area contributed by atoms with Gasteiger partial charge >= 0.3 is 0 Å². The number of nitrogen functional groups attached to an aromatic ring is 1. The number of nitrogens with two attached hydrogens (primary N) is 1. The average molecular weight is 375 g/mol. The van der Waals surface area contributed by atoms with E-state index in [0.29, 0.717) is 5.69 Å². The number of sulfonamides is 1. The fourth-order valence-corrected chi connectivity index (χ4v) is 3.16. The Labute approximate surface area is 129 Å². The highest BCUT2D eigenvalue weighted by atomic mass is 79.9. The summed E-state index contributed by atoms with van der Waals surface area (Å²) < 4.78 is 40.0. The van der Waals surface area contributed by atoms with Crippen LogP contribution in [0.15, 0.2) is 33.9 Å². The molecular formula is C12H12BrFN4O2S. The third kappa shape index (κ3) is 3.74. The highest BCUT2D eigenvalue weighted by molar-refractivity contribution is 9.10. The SMILES string of the molecule is Cc1cnc(CNS(=O)(=O)c2cc(Br)c(F)cc2N)cn1. The first-order valence-corrected chi connectivity index (χ1v) is 8.09. The Balaban J connectivity index is 2.22. The second kappa shape index (κ2) is 6.04. The van der Waals surface area contributed by atoms with Crippen LogP contribution in [0, 0.1) is 12.7 Å². The van der Waals surface area contributed by atoms with E-state index in [1.165, 1.54) is 12.4 Å². The summed E-state index contributed by atoms with van der Waals surface area (Å²) in [4.78, 5) is 7.86. The maximum absolute atomic E-state index is 13.3. The number of hydrogen-bond donors (Lipinski definition) is 2. The van der Waals surface area contributed by atoms with Gasteiger partial charge in [-0.3, -0.25) is 9.97 Å². The van der Waals surface area contributed by atoms with Crippen molar-refractivity contribution in [1.82, 2.24) is 14.7 Å². The summed E-state index contributed by atoms with van der Waals surface area (Å²) in [5.74, 6) is -0.629. The van der Waals surface area contributed by atoms with Gasteiger partial charge in [0.05, 0.1) is 34.3 Å². The van der Waals surface area contributed by atoms with Gasteiger partial charge in [0.25, 0.3) is 0 Å². The van der Waals surface area contributed by atoms with Crippen molar-refractivity contribution in [3.8, 4) is 0 Å². The van der Waals surface area contributed by atoms with Crippen molar-refractivity contribution in [3.63, 3.8) is 0 Å². The van der Waals surface area contributed by atoms with Gasteiger partial charge in [0, 0.05) is 6.20 Å². The van der Waals surface area contributed by atoms with Gasteiger partial charge in [0.15, 0.2) is 0 Å². The lowest BCUT2D eigenvalue weighted by Crippen LogP contribution is -2.25. The molecule has 0 saturated heterocycles. The minimum absolute atomic E-state index is 0.0206. The summed E-state index contributed by atoms with van der Waals surface area (Å²) in [7, 11) is -3.88. The zero-order valence-corrected chi connectivity index (χ0v) is 13.4. The summed E-state index contributed by atoms with van der Waals surface area (Å²) in [5.41, 5.74) is 6.58. The van der Waals surface area contributed by atoms with Gasteiger partial charge in [-0.25, -0.2) is 17.5 Å². The van der Waals surface area contributed by atoms with E-state index in [0.717, 1.165) is 17.8 Å². The summed E-state index contributed by atoms with van der Waals surface area (Å²) in [6, 6.07) is 2.07. The molecule has 0 saturated carbocycles. The fraction of sp³-hybridized carbons (Fsp3) is 0.167. The average Bonchev–Trinajstić information content (AvgIpc) is 2.42. The molecule has 2 aromatic rings. The van der Waals surface area contributed by atoms with Crippen LogP contribution >= 0.6 is 15.9 Å². The molecule has 0 bridgehead atoms. The maximum Gasteiger partial charge on any atom is 0.243 e. The molecule has 0 fully saturated rings. The Kier molecular flexibility index (Phi) is 4.55. The predicted octanol–water partition coefficient (Wildman–Crippen LogP) is 1.75. The van der Waals surface area contributed by atoms with Gasteiger partial charge in [-0.05, 0) is 35.0 Å². The topological polar surface area (TPSA) is 98.0 Å². The van der Waals surface area contributed by atoms with Crippen LogP contribution in [0.5, 0.6) is 0 Å². The van der Waals surface area contributed by atoms with Crippen molar-refractivity contribution in [1.29, 1.82) is 0 Å². The van der Waals surface area contributed by atoms with Gasteiger partial charge in [0.1, 0.15) is 10.7 Å². The van der Waals surface area contributed by atoms with Crippen molar-refractivity contribution in [2.24, 2.45) is 0 Å². The molecule has 0 atom stereocenters. The number of aromatic nitrogens is 2. The minimum Gasteiger partial charge on any atom is -0.398 e. The van der Waals surface area contributed by atoms with E-state index in [4.69, 9.17) is 5.73 Å². The van der Waals surface area contributed by atoms with Crippen LogP contribution < -0.4 is 10.5 Å².